The Bertz CT molecular complexity index is 1150. The number of piperidine rings is 1. The minimum absolute atomic E-state index is 0.0966. The summed E-state index contributed by atoms with van der Waals surface area (Å²) in [5.74, 6) is 1.85. The summed E-state index contributed by atoms with van der Waals surface area (Å²) in [5.41, 5.74) is 1.49. The normalized spacial score (nSPS) is 17.8. The quantitative estimate of drug-likeness (QED) is 0.603. The fourth-order valence-electron chi connectivity index (χ4n) is 3.74. The van der Waals surface area contributed by atoms with Gasteiger partial charge in [0.25, 0.3) is 5.56 Å². The van der Waals surface area contributed by atoms with E-state index in [1.807, 2.05) is 47.0 Å². The molecule has 0 bridgehead atoms. The van der Waals surface area contributed by atoms with Crippen molar-refractivity contribution >= 4 is 22.5 Å². The maximum atomic E-state index is 12.4. The number of benzene rings is 1. The largest absolute Gasteiger partial charge is 0.342 e. The highest BCUT2D eigenvalue weighted by molar-refractivity contribution is 5.78. The lowest BCUT2D eigenvalue weighted by atomic mass is 9.97. The summed E-state index contributed by atoms with van der Waals surface area (Å²) in [5, 5.41) is 9.29. The van der Waals surface area contributed by atoms with Gasteiger partial charge in [-0.05, 0) is 37.1 Å². The van der Waals surface area contributed by atoms with Gasteiger partial charge in [-0.3, -0.25) is 14.2 Å². The van der Waals surface area contributed by atoms with Crippen LogP contribution in [0.15, 0.2) is 53.5 Å². The van der Waals surface area contributed by atoms with Crippen molar-refractivity contribution in [2.75, 3.05) is 18.0 Å². The van der Waals surface area contributed by atoms with E-state index in [4.69, 9.17) is 0 Å². The van der Waals surface area contributed by atoms with Gasteiger partial charge in [0.1, 0.15) is 5.82 Å². The fourth-order valence-corrected chi connectivity index (χ4v) is 3.74. The Hall–Kier alpha value is -3.22. The van der Waals surface area contributed by atoms with Crippen LogP contribution in [0.25, 0.3) is 16.6 Å². The summed E-state index contributed by atoms with van der Waals surface area (Å²) in [7, 11) is 0. The van der Waals surface area contributed by atoms with Crippen molar-refractivity contribution < 1.29 is 0 Å². The molecule has 3 aromatic heterocycles. The van der Waals surface area contributed by atoms with Gasteiger partial charge in [-0.15, -0.1) is 10.2 Å². The zero-order chi connectivity index (χ0) is 17.5. The van der Waals surface area contributed by atoms with Crippen LogP contribution in [-0.4, -0.2) is 37.7 Å². The number of anilines is 1. The number of nitrogens with one attached hydrogen (secondary N) is 1. The van der Waals surface area contributed by atoms with Crippen molar-refractivity contribution in [2.45, 2.75) is 18.8 Å². The number of pyridine rings is 1. The first-order valence-corrected chi connectivity index (χ1v) is 8.83. The summed E-state index contributed by atoms with van der Waals surface area (Å²) >= 11 is 0. The fraction of sp³-hybridized carbons (Fsp3) is 0.263. The number of aromatic amines is 1. The molecule has 4 heterocycles. The summed E-state index contributed by atoms with van der Waals surface area (Å²) in [4.78, 5) is 22.1. The van der Waals surface area contributed by atoms with Crippen molar-refractivity contribution in [3.05, 3.63) is 64.8 Å². The zero-order valence-corrected chi connectivity index (χ0v) is 14.2. The number of hydrogen-bond acceptors (Lipinski definition) is 5. The molecule has 1 saturated heterocycles. The monoisotopic (exact) mass is 346 g/mol. The van der Waals surface area contributed by atoms with Crippen LogP contribution < -0.4 is 10.5 Å². The predicted molar refractivity (Wildman–Crippen MR) is 99.5 cm³/mol. The standard InChI is InChI=1S/C19H18N6O/c26-18-14-7-1-2-8-15(14)20-19(21-18)24-10-5-6-13(12-24)17-23-22-16-9-3-4-11-25(16)17/h1-4,7-9,11,13H,5-6,10,12H2,(H,20,21,26). The minimum atomic E-state index is -0.0966. The lowest BCUT2D eigenvalue weighted by Gasteiger charge is -2.32. The van der Waals surface area contributed by atoms with Gasteiger partial charge in [0.05, 0.1) is 10.9 Å². The van der Waals surface area contributed by atoms with Gasteiger partial charge in [-0.1, -0.05) is 18.2 Å². The van der Waals surface area contributed by atoms with E-state index in [0.29, 0.717) is 11.3 Å². The first kappa shape index (κ1) is 15.1. The lowest BCUT2D eigenvalue weighted by Crippen LogP contribution is -2.37. The topological polar surface area (TPSA) is 79.2 Å². The molecule has 1 aromatic carbocycles. The second kappa shape index (κ2) is 5.94. The van der Waals surface area contributed by atoms with E-state index in [2.05, 4.69) is 25.1 Å². The average Bonchev–Trinajstić information content (AvgIpc) is 3.12. The molecule has 1 fully saturated rings. The van der Waals surface area contributed by atoms with Gasteiger partial charge in [0.15, 0.2) is 5.65 Å². The molecule has 130 valence electrons. The molecule has 0 saturated carbocycles. The highest BCUT2D eigenvalue weighted by Crippen LogP contribution is 2.28. The zero-order valence-electron chi connectivity index (χ0n) is 14.2. The van der Waals surface area contributed by atoms with Gasteiger partial charge >= 0.3 is 0 Å². The highest BCUT2D eigenvalue weighted by Gasteiger charge is 2.26. The van der Waals surface area contributed by atoms with Crippen LogP contribution in [0, 0.1) is 0 Å². The van der Waals surface area contributed by atoms with E-state index in [9.17, 15) is 4.79 Å². The highest BCUT2D eigenvalue weighted by atomic mass is 16.1. The summed E-state index contributed by atoms with van der Waals surface area (Å²) in [6, 6.07) is 13.3. The first-order chi connectivity index (χ1) is 12.8. The lowest BCUT2D eigenvalue weighted by molar-refractivity contribution is 0.483. The molecule has 1 aliphatic rings. The van der Waals surface area contributed by atoms with E-state index in [1.54, 1.807) is 6.07 Å². The molecular weight excluding hydrogens is 328 g/mol. The first-order valence-electron chi connectivity index (χ1n) is 8.83. The molecule has 1 atom stereocenters. The molecule has 0 amide bonds. The average molecular weight is 346 g/mol. The summed E-state index contributed by atoms with van der Waals surface area (Å²) in [6.45, 7) is 1.63. The van der Waals surface area contributed by atoms with Gasteiger partial charge < -0.3 is 4.90 Å². The van der Waals surface area contributed by atoms with Crippen LogP contribution in [0.3, 0.4) is 0 Å². The Morgan fingerprint density at radius 3 is 2.92 bits per heavy atom. The van der Waals surface area contributed by atoms with Crippen LogP contribution >= 0.6 is 0 Å². The number of H-pyrrole nitrogens is 1. The number of hydrogen-bond donors (Lipinski definition) is 1. The Balaban J connectivity index is 1.50. The molecule has 0 aliphatic carbocycles. The Kier molecular flexibility index (Phi) is 3.44. The van der Waals surface area contributed by atoms with Gasteiger partial charge in [0.2, 0.25) is 5.95 Å². The maximum Gasteiger partial charge on any atom is 0.260 e. The molecule has 1 N–H and O–H groups in total. The van der Waals surface area contributed by atoms with E-state index in [0.717, 1.165) is 42.9 Å². The van der Waals surface area contributed by atoms with Crippen LogP contribution in [-0.2, 0) is 0 Å². The molecular formula is C19H18N6O. The number of nitrogens with zero attached hydrogens (tertiary/aromatic N) is 5. The van der Waals surface area contributed by atoms with Crippen molar-refractivity contribution in [1.29, 1.82) is 0 Å². The number of fused-ring (bicyclic) bond motifs is 2. The Labute approximate surface area is 149 Å². The van der Waals surface area contributed by atoms with E-state index >= 15 is 0 Å². The van der Waals surface area contributed by atoms with Gasteiger partial charge in [0, 0.05) is 25.2 Å². The molecule has 7 nitrogen and oxygen atoms in total. The third kappa shape index (κ3) is 2.44. The van der Waals surface area contributed by atoms with Crippen molar-refractivity contribution in [1.82, 2.24) is 24.6 Å². The second-order valence-electron chi connectivity index (χ2n) is 6.68. The van der Waals surface area contributed by atoms with Crippen molar-refractivity contribution in [2.24, 2.45) is 0 Å². The Morgan fingerprint density at radius 2 is 1.96 bits per heavy atom. The van der Waals surface area contributed by atoms with Gasteiger partial charge in [-0.2, -0.15) is 0 Å². The smallest absolute Gasteiger partial charge is 0.260 e. The SMILES string of the molecule is O=c1[nH]c(N2CCCC(c3nnc4ccccn34)C2)nc2ccccc12. The molecule has 4 aromatic rings. The van der Waals surface area contributed by atoms with E-state index < -0.39 is 0 Å². The number of rotatable bonds is 2. The van der Waals surface area contributed by atoms with Crippen LogP contribution in [0.5, 0.6) is 0 Å². The maximum absolute atomic E-state index is 12.4. The van der Waals surface area contributed by atoms with Gasteiger partial charge in [-0.25, -0.2) is 4.98 Å². The molecule has 1 aliphatic heterocycles. The van der Waals surface area contributed by atoms with Crippen LogP contribution in [0.2, 0.25) is 0 Å². The molecule has 0 radical (unpaired) electrons. The van der Waals surface area contributed by atoms with Crippen molar-refractivity contribution in [3.8, 4) is 0 Å². The number of para-hydroxylation sites is 1. The van der Waals surface area contributed by atoms with E-state index in [-0.39, 0.29) is 11.5 Å². The molecule has 1 unspecified atom stereocenters. The number of aromatic nitrogens is 5. The third-order valence-corrected chi connectivity index (χ3v) is 5.03. The second-order valence-corrected chi connectivity index (χ2v) is 6.68. The summed E-state index contributed by atoms with van der Waals surface area (Å²) < 4.78 is 2.05. The molecule has 0 spiro atoms. The molecule has 5 rings (SSSR count). The third-order valence-electron chi connectivity index (χ3n) is 5.03. The Morgan fingerprint density at radius 1 is 1.08 bits per heavy atom. The molecule has 26 heavy (non-hydrogen) atoms. The van der Waals surface area contributed by atoms with Crippen molar-refractivity contribution in [3.63, 3.8) is 0 Å². The van der Waals surface area contributed by atoms with Crippen LogP contribution in [0.1, 0.15) is 24.6 Å². The molecule has 7 heteroatoms. The predicted octanol–water partition coefficient (Wildman–Crippen LogP) is 2.35. The summed E-state index contributed by atoms with van der Waals surface area (Å²) in [6.07, 6.45) is 4.06. The minimum Gasteiger partial charge on any atom is -0.342 e. The van der Waals surface area contributed by atoms with Crippen LogP contribution in [0.4, 0.5) is 5.95 Å². The van der Waals surface area contributed by atoms with E-state index in [1.165, 1.54) is 0 Å².